The van der Waals surface area contributed by atoms with Gasteiger partial charge in [0.25, 0.3) is 5.91 Å². The van der Waals surface area contributed by atoms with Crippen LogP contribution in [0.1, 0.15) is 21.5 Å². The summed E-state index contributed by atoms with van der Waals surface area (Å²) in [5.41, 5.74) is 0.664. The van der Waals surface area contributed by atoms with Crippen LogP contribution < -0.4 is 10.2 Å². The van der Waals surface area contributed by atoms with Gasteiger partial charge in [-0.15, -0.1) is 11.3 Å². The number of hydrogen-bond acceptors (Lipinski definition) is 6. The number of halogens is 3. The second kappa shape index (κ2) is 8.19. The summed E-state index contributed by atoms with van der Waals surface area (Å²) in [5.74, 6) is -0.192. The number of carbonyl (C=O) groups excluding carboxylic acids is 1. The van der Waals surface area contributed by atoms with Crippen molar-refractivity contribution in [2.75, 3.05) is 38.1 Å². The lowest BCUT2D eigenvalue weighted by Gasteiger charge is -2.35. The fourth-order valence-electron chi connectivity index (χ4n) is 3.55. The SMILES string of the molecule is CNC(=O)c1csc2c(C(F)(F)F)cc(N3CCN(Cc4ccncc4)CC3)nc12. The van der Waals surface area contributed by atoms with E-state index in [9.17, 15) is 18.0 Å². The second-order valence-corrected chi connectivity index (χ2v) is 7.93. The molecule has 1 N–H and O–H groups in total. The average molecular weight is 435 g/mol. The molecule has 0 unspecified atom stereocenters. The van der Waals surface area contributed by atoms with Crippen molar-refractivity contribution in [3.8, 4) is 0 Å². The van der Waals surface area contributed by atoms with Crippen molar-refractivity contribution < 1.29 is 18.0 Å². The fourth-order valence-corrected chi connectivity index (χ4v) is 4.57. The Hall–Kier alpha value is -2.72. The highest BCUT2D eigenvalue weighted by Gasteiger charge is 2.36. The van der Waals surface area contributed by atoms with Crippen LogP contribution in [0.2, 0.25) is 0 Å². The van der Waals surface area contributed by atoms with Crippen molar-refractivity contribution in [2.24, 2.45) is 0 Å². The highest BCUT2D eigenvalue weighted by molar-refractivity contribution is 7.17. The number of nitrogens with one attached hydrogen (secondary N) is 1. The highest BCUT2D eigenvalue weighted by Crippen LogP contribution is 2.40. The molecule has 4 heterocycles. The number of piperazine rings is 1. The van der Waals surface area contributed by atoms with Gasteiger partial charge in [-0.3, -0.25) is 14.7 Å². The molecule has 0 aromatic carbocycles. The lowest BCUT2D eigenvalue weighted by Crippen LogP contribution is -2.46. The first-order valence-electron chi connectivity index (χ1n) is 9.44. The van der Waals surface area contributed by atoms with Gasteiger partial charge in [0.05, 0.1) is 21.3 Å². The molecule has 3 aromatic rings. The molecular weight excluding hydrogens is 415 g/mol. The lowest BCUT2D eigenvalue weighted by atomic mass is 10.1. The van der Waals surface area contributed by atoms with Gasteiger partial charge in [0.1, 0.15) is 5.82 Å². The van der Waals surface area contributed by atoms with E-state index in [1.807, 2.05) is 17.0 Å². The molecule has 1 aliphatic heterocycles. The Bertz CT molecular complexity index is 1050. The summed E-state index contributed by atoms with van der Waals surface area (Å²) in [6, 6.07) is 5.01. The minimum atomic E-state index is -4.52. The summed E-state index contributed by atoms with van der Waals surface area (Å²) < 4.78 is 41.1. The van der Waals surface area contributed by atoms with Crippen LogP contribution >= 0.6 is 11.3 Å². The molecule has 1 amide bonds. The number of carbonyl (C=O) groups is 1. The summed E-state index contributed by atoms with van der Waals surface area (Å²) in [6.07, 6.45) is -1.04. The first kappa shape index (κ1) is 20.5. The van der Waals surface area contributed by atoms with Gasteiger partial charge < -0.3 is 10.2 Å². The first-order chi connectivity index (χ1) is 14.4. The maximum absolute atomic E-state index is 13.7. The van der Waals surface area contributed by atoms with Crippen molar-refractivity contribution in [3.63, 3.8) is 0 Å². The Morgan fingerprint density at radius 2 is 1.90 bits per heavy atom. The monoisotopic (exact) mass is 435 g/mol. The molecule has 0 radical (unpaired) electrons. The second-order valence-electron chi connectivity index (χ2n) is 7.05. The number of thiophene rings is 1. The highest BCUT2D eigenvalue weighted by atomic mass is 32.1. The Morgan fingerprint density at radius 1 is 1.20 bits per heavy atom. The van der Waals surface area contributed by atoms with Gasteiger partial charge in [-0.1, -0.05) is 0 Å². The molecule has 0 saturated carbocycles. The number of fused-ring (bicyclic) bond motifs is 1. The van der Waals surface area contributed by atoms with Crippen LogP contribution in [0.25, 0.3) is 10.2 Å². The first-order valence-corrected chi connectivity index (χ1v) is 10.3. The van der Waals surface area contributed by atoms with E-state index >= 15 is 0 Å². The number of alkyl halides is 3. The molecule has 1 saturated heterocycles. The molecule has 3 aromatic heterocycles. The maximum atomic E-state index is 13.7. The zero-order chi connectivity index (χ0) is 21.3. The summed E-state index contributed by atoms with van der Waals surface area (Å²) in [4.78, 5) is 24.7. The fraction of sp³-hybridized carbons (Fsp3) is 0.350. The van der Waals surface area contributed by atoms with Crippen LogP contribution in [0.4, 0.5) is 19.0 Å². The van der Waals surface area contributed by atoms with Crippen LogP contribution in [0.3, 0.4) is 0 Å². The summed E-state index contributed by atoms with van der Waals surface area (Å²) in [5, 5.41) is 3.90. The number of pyridine rings is 2. The van der Waals surface area contributed by atoms with Gasteiger partial charge in [0, 0.05) is 57.5 Å². The van der Waals surface area contributed by atoms with E-state index in [0.717, 1.165) is 29.5 Å². The Kier molecular flexibility index (Phi) is 5.61. The molecule has 10 heteroatoms. The largest absolute Gasteiger partial charge is 0.417 e. The smallest absolute Gasteiger partial charge is 0.355 e. The third-order valence-electron chi connectivity index (χ3n) is 5.14. The maximum Gasteiger partial charge on any atom is 0.417 e. The van der Waals surface area contributed by atoms with Gasteiger partial charge in [-0.05, 0) is 23.8 Å². The minimum absolute atomic E-state index is 0.0128. The van der Waals surface area contributed by atoms with Crippen molar-refractivity contribution in [2.45, 2.75) is 12.7 Å². The van der Waals surface area contributed by atoms with Gasteiger partial charge in [-0.25, -0.2) is 4.98 Å². The van der Waals surface area contributed by atoms with E-state index in [4.69, 9.17) is 0 Å². The van der Waals surface area contributed by atoms with E-state index < -0.39 is 17.6 Å². The van der Waals surface area contributed by atoms with Crippen molar-refractivity contribution in [1.29, 1.82) is 0 Å². The zero-order valence-electron chi connectivity index (χ0n) is 16.2. The Balaban J connectivity index is 1.60. The van der Waals surface area contributed by atoms with E-state index in [-0.39, 0.29) is 21.6 Å². The number of rotatable bonds is 4. The van der Waals surface area contributed by atoms with Crippen LogP contribution in [0.15, 0.2) is 36.0 Å². The van der Waals surface area contributed by atoms with E-state index in [2.05, 4.69) is 20.2 Å². The molecule has 0 spiro atoms. The van der Waals surface area contributed by atoms with E-state index in [0.29, 0.717) is 26.2 Å². The molecule has 0 atom stereocenters. The van der Waals surface area contributed by atoms with E-state index in [1.54, 1.807) is 12.4 Å². The van der Waals surface area contributed by atoms with Crippen LogP contribution in [0, 0.1) is 0 Å². The predicted molar refractivity (Wildman–Crippen MR) is 110 cm³/mol. The third-order valence-corrected chi connectivity index (χ3v) is 6.14. The number of hydrogen-bond donors (Lipinski definition) is 1. The van der Waals surface area contributed by atoms with Crippen LogP contribution in [-0.2, 0) is 12.7 Å². The number of anilines is 1. The zero-order valence-corrected chi connectivity index (χ0v) is 17.1. The standard InChI is InChI=1S/C20H20F3N5OS/c1-24-19(29)14-12-30-18-15(20(21,22)23)10-16(26-17(14)18)28-8-6-27(7-9-28)11-13-2-4-25-5-3-13/h2-5,10,12H,6-9,11H2,1H3,(H,24,29). The molecule has 1 fully saturated rings. The average Bonchev–Trinajstić information content (AvgIpc) is 3.17. The molecule has 0 aliphatic carbocycles. The molecule has 0 bridgehead atoms. The third kappa shape index (κ3) is 4.10. The Labute approximate surface area is 175 Å². The van der Waals surface area contributed by atoms with Crippen LogP contribution in [-0.4, -0.2) is 54.0 Å². The summed E-state index contributed by atoms with van der Waals surface area (Å²) >= 11 is 0.893. The number of amides is 1. The van der Waals surface area contributed by atoms with Gasteiger partial charge >= 0.3 is 6.18 Å². The topological polar surface area (TPSA) is 61.4 Å². The minimum Gasteiger partial charge on any atom is -0.355 e. The number of aromatic nitrogens is 2. The molecule has 1 aliphatic rings. The van der Waals surface area contributed by atoms with E-state index in [1.165, 1.54) is 12.4 Å². The van der Waals surface area contributed by atoms with Crippen molar-refractivity contribution in [3.05, 3.63) is 52.7 Å². The van der Waals surface area contributed by atoms with Gasteiger partial charge in [-0.2, -0.15) is 13.2 Å². The van der Waals surface area contributed by atoms with Crippen molar-refractivity contribution in [1.82, 2.24) is 20.2 Å². The van der Waals surface area contributed by atoms with Crippen LogP contribution in [0.5, 0.6) is 0 Å². The molecule has 158 valence electrons. The summed E-state index contributed by atoms with van der Waals surface area (Å²) in [7, 11) is 1.45. The lowest BCUT2D eigenvalue weighted by molar-refractivity contribution is -0.136. The molecule has 30 heavy (non-hydrogen) atoms. The molecular formula is C20H20F3N5OS. The Morgan fingerprint density at radius 3 is 2.53 bits per heavy atom. The van der Waals surface area contributed by atoms with Gasteiger partial charge in [0.2, 0.25) is 0 Å². The predicted octanol–water partition coefficient (Wildman–Crippen LogP) is 3.39. The van der Waals surface area contributed by atoms with Gasteiger partial charge in [0.15, 0.2) is 0 Å². The van der Waals surface area contributed by atoms with Crippen molar-refractivity contribution >= 4 is 33.3 Å². The quantitative estimate of drug-likeness (QED) is 0.681. The normalized spacial score (nSPS) is 15.5. The number of nitrogens with zero attached hydrogens (tertiary/aromatic N) is 4. The molecule has 6 nitrogen and oxygen atoms in total. The molecule has 4 rings (SSSR count). The summed E-state index contributed by atoms with van der Waals surface area (Å²) in [6.45, 7) is 3.29.